The summed E-state index contributed by atoms with van der Waals surface area (Å²) in [5, 5.41) is 12.9. The van der Waals surface area contributed by atoms with Crippen LogP contribution in [0, 0.1) is 0 Å². The van der Waals surface area contributed by atoms with Crippen molar-refractivity contribution in [1.29, 1.82) is 0 Å². The minimum Gasteiger partial charge on any atom is -0.394 e. The number of nitrogens with one attached hydrogen (secondary N) is 2. The van der Waals surface area contributed by atoms with Gasteiger partial charge < -0.3 is 20.1 Å². The number of anilines is 1. The molecule has 19 heavy (non-hydrogen) atoms. The predicted molar refractivity (Wildman–Crippen MR) is 70.3 cm³/mol. The fraction of sp³-hybridized carbons (Fsp3) is 0.692. The third kappa shape index (κ3) is 2.79. The molecule has 3 N–H and O–H groups in total. The van der Waals surface area contributed by atoms with Crippen LogP contribution < -0.4 is 10.9 Å². The monoisotopic (exact) mass is 265 g/mol. The lowest BCUT2D eigenvalue weighted by Crippen LogP contribution is -2.47. The van der Waals surface area contributed by atoms with Crippen LogP contribution in [0.15, 0.2) is 10.9 Å². The Balaban J connectivity index is 1.83. The Morgan fingerprint density at radius 3 is 2.84 bits per heavy atom. The van der Waals surface area contributed by atoms with Gasteiger partial charge in [-0.1, -0.05) is 0 Å². The molecule has 3 rings (SSSR count). The summed E-state index contributed by atoms with van der Waals surface area (Å²) >= 11 is 0. The largest absolute Gasteiger partial charge is 0.394 e. The molecule has 0 amide bonds. The zero-order valence-electron chi connectivity index (χ0n) is 10.8. The molecule has 0 unspecified atom stereocenters. The van der Waals surface area contributed by atoms with Crippen molar-refractivity contribution < 1.29 is 9.84 Å². The van der Waals surface area contributed by atoms with Gasteiger partial charge in [0.15, 0.2) is 0 Å². The van der Waals surface area contributed by atoms with Gasteiger partial charge in [0.2, 0.25) is 0 Å². The second-order valence-electron chi connectivity index (χ2n) is 5.47. The van der Waals surface area contributed by atoms with Gasteiger partial charge in [-0.25, -0.2) is 4.98 Å². The Labute approximate surface area is 111 Å². The standard InChI is InChI=1S/C13H19N3O3/c17-8-13(3-5-19-6-4-13)16-10-7-11(18)15-12(14-10)9-1-2-9/h7,9,17H,1-6,8H2,(H2,14,15,16,18). The quantitative estimate of drug-likeness (QED) is 0.742. The number of nitrogens with zero attached hydrogens (tertiary/aromatic N) is 1. The summed E-state index contributed by atoms with van der Waals surface area (Å²) in [7, 11) is 0. The molecule has 2 aliphatic rings. The number of aromatic amines is 1. The predicted octanol–water partition coefficient (Wildman–Crippen LogP) is 0.601. The fourth-order valence-corrected chi connectivity index (χ4v) is 2.45. The average Bonchev–Trinajstić information content (AvgIpc) is 3.23. The Hall–Kier alpha value is -1.40. The van der Waals surface area contributed by atoms with Crippen LogP contribution in [-0.4, -0.2) is 40.4 Å². The molecule has 2 heterocycles. The Kier molecular flexibility index (Phi) is 3.28. The number of aromatic nitrogens is 2. The Morgan fingerprint density at radius 1 is 1.47 bits per heavy atom. The molecule has 2 fully saturated rings. The molecule has 1 saturated carbocycles. The van der Waals surface area contributed by atoms with E-state index in [1.165, 1.54) is 6.07 Å². The second-order valence-corrected chi connectivity index (χ2v) is 5.47. The number of aliphatic hydroxyl groups excluding tert-OH is 1. The van der Waals surface area contributed by atoms with Crippen LogP contribution in [0.2, 0.25) is 0 Å². The number of hydrogen-bond donors (Lipinski definition) is 3. The van der Waals surface area contributed by atoms with Crippen molar-refractivity contribution >= 4 is 5.82 Å². The van der Waals surface area contributed by atoms with Gasteiger partial charge >= 0.3 is 0 Å². The lowest BCUT2D eigenvalue weighted by atomic mass is 9.91. The molecule has 1 aliphatic carbocycles. The zero-order chi connectivity index (χ0) is 13.3. The van der Waals surface area contributed by atoms with Crippen molar-refractivity contribution in [3.8, 4) is 0 Å². The van der Waals surface area contributed by atoms with Gasteiger partial charge in [-0.2, -0.15) is 0 Å². The summed E-state index contributed by atoms with van der Waals surface area (Å²) in [4.78, 5) is 18.9. The van der Waals surface area contributed by atoms with Crippen molar-refractivity contribution in [3.05, 3.63) is 22.2 Å². The number of H-pyrrole nitrogens is 1. The minimum atomic E-state index is -0.417. The molecule has 1 aliphatic heterocycles. The summed E-state index contributed by atoms with van der Waals surface area (Å²) in [6.07, 6.45) is 3.62. The van der Waals surface area contributed by atoms with E-state index in [1.54, 1.807) is 0 Å². The number of hydrogen-bond acceptors (Lipinski definition) is 5. The van der Waals surface area contributed by atoms with Crippen molar-refractivity contribution in [2.45, 2.75) is 37.1 Å². The normalized spacial score (nSPS) is 22.2. The first kappa shape index (κ1) is 12.6. The maximum absolute atomic E-state index is 11.7. The lowest BCUT2D eigenvalue weighted by molar-refractivity contribution is 0.0378. The van der Waals surface area contributed by atoms with E-state index < -0.39 is 5.54 Å². The fourth-order valence-electron chi connectivity index (χ4n) is 2.45. The highest BCUT2D eigenvalue weighted by Gasteiger charge is 2.33. The smallest absolute Gasteiger partial charge is 0.252 e. The molecule has 1 aromatic rings. The van der Waals surface area contributed by atoms with Crippen LogP contribution in [-0.2, 0) is 4.74 Å². The van der Waals surface area contributed by atoms with Crippen molar-refractivity contribution in [3.63, 3.8) is 0 Å². The summed E-state index contributed by atoms with van der Waals surface area (Å²) in [5.74, 6) is 1.71. The summed E-state index contributed by atoms with van der Waals surface area (Å²) in [6, 6.07) is 1.46. The van der Waals surface area contributed by atoms with Crippen LogP contribution in [0.1, 0.15) is 37.4 Å². The van der Waals surface area contributed by atoms with Gasteiger partial charge in [0.1, 0.15) is 11.6 Å². The number of rotatable bonds is 4. The van der Waals surface area contributed by atoms with E-state index in [-0.39, 0.29) is 12.2 Å². The first-order valence-electron chi connectivity index (χ1n) is 6.79. The van der Waals surface area contributed by atoms with E-state index in [1.807, 2.05) is 0 Å². The molecule has 1 aromatic heterocycles. The zero-order valence-corrected chi connectivity index (χ0v) is 10.8. The third-order valence-corrected chi connectivity index (χ3v) is 3.87. The van der Waals surface area contributed by atoms with E-state index in [0.717, 1.165) is 31.5 Å². The highest BCUT2D eigenvalue weighted by molar-refractivity contribution is 5.38. The molecule has 0 aromatic carbocycles. The van der Waals surface area contributed by atoms with Crippen molar-refractivity contribution in [2.75, 3.05) is 25.1 Å². The second kappa shape index (κ2) is 4.94. The van der Waals surface area contributed by atoms with Gasteiger partial charge in [0.25, 0.3) is 5.56 Å². The van der Waals surface area contributed by atoms with E-state index in [2.05, 4.69) is 15.3 Å². The molecule has 1 saturated heterocycles. The molecule has 6 nitrogen and oxygen atoms in total. The molecule has 0 radical (unpaired) electrons. The van der Waals surface area contributed by atoms with E-state index in [9.17, 15) is 9.90 Å². The summed E-state index contributed by atoms with van der Waals surface area (Å²) in [6.45, 7) is 1.25. The first-order valence-corrected chi connectivity index (χ1v) is 6.79. The average molecular weight is 265 g/mol. The molecular formula is C13H19N3O3. The van der Waals surface area contributed by atoms with Crippen LogP contribution in [0.25, 0.3) is 0 Å². The maximum atomic E-state index is 11.7. The third-order valence-electron chi connectivity index (χ3n) is 3.87. The van der Waals surface area contributed by atoms with Gasteiger partial charge in [-0.05, 0) is 25.7 Å². The van der Waals surface area contributed by atoms with E-state index >= 15 is 0 Å². The summed E-state index contributed by atoms with van der Waals surface area (Å²) in [5.41, 5.74) is -0.556. The van der Waals surface area contributed by atoms with Gasteiger partial charge in [0.05, 0.1) is 12.1 Å². The highest BCUT2D eigenvalue weighted by atomic mass is 16.5. The van der Waals surface area contributed by atoms with E-state index in [4.69, 9.17) is 4.74 Å². The summed E-state index contributed by atoms with van der Waals surface area (Å²) < 4.78 is 5.32. The van der Waals surface area contributed by atoms with Crippen LogP contribution >= 0.6 is 0 Å². The van der Waals surface area contributed by atoms with Crippen LogP contribution in [0.3, 0.4) is 0 Å². The molecule has 0 atom stereocenters. The molecule has 0 spiro atoms. The first-order chi connectivity index (χ1) is 9.21. The van der Waals surface area contributed by atoms with Crippen LogP contribution in [0.5, 0.6) is 0 Å². The van der Waals surface area contributed by atoms with Crippen LogP contribution in [0.4, 0.5) is 5.82 Å². The molecule has 0 bridgehead atoms. The van der Waals surface area contributed by atoms with Gasteiger partial charge in [0, 0.05) is 25.2 Å². The Bertz CT molecular complexity index is 504. The highest BCUT2D eigenvalue weighted by Crippen LogP contribution is 2.38. The lowest BCUT2D eigenvalue weighted by Gasteiger charge is -2.36. The van der Waals surface area contributed by atoms with E-state index in [0.29, 0.717) is 24.9 Å². The Morgan fingerprint density at radius 2 is 2.21 bits per heavy atom. The van der Waals surface area contributed by atoms with Gasteiger partial charge in [-0.15, -0.1) is 0 Å². The number of ether oxygens (including phenoxy) is 1. The van der Waals surface area contributed by atoms with Gasteiger partial charge in [-0.3, -0.25) is 4.79 Å². The number of aliphatic hydroxyl groups is 1. The SMILES string of the molecule is O=c1cc(NC2(CO)CCOCC2)nc(C2CC2)[nH]1. The van der Waals surface area contributed by atoms with Crippen molar-refractivity contribution in [1.82, 2.24) is 9.97 Å². The van der Waals surface area contributed by atoms with Crippen molar-refractivity contribution in [2.24, 2.45) is 0 Å². The minimum absolute atomic E-state index is 0.0175. The molecule has 104 valence electrons. The maximum Gasteiger partial charge on any atom is 0.252 e. The topological polar surface area (TPSA) is 87.2 Å². The molecule has 6 heteroatoms. The molecular weight excluding hydrogens is 246 g/mol.